The molecule has 2 amide bonds. The van der Waals surface area contributed by atoms with Gasteiger partial charge in [-0.2, -0.15) is 0 Å². The molecule has 1 aliphatic heterocycles. The monoisotopic (exact) mass is 340 g/mol. The van der Waals surface area contributed by atoms with Gasteiger partial charge in [0.15, 0.2) is 0 Å². The molecule has 2 aromatic carbocycles. The number of hydrogen-bond donors (Lipinski definition) is 1. The maximum Gasteiger partial charge on any atom is 0.222 e. The lowest BCUT2D eigenvalue weighted by Crippen LogP contribution is -2.41. The Labute approximate surface area is 146 Å². The van der Waals surface area contributed by atoms with Crippen molar-refractivity contribution in [2.45, 2.75) is 32.4 Å². The van der Waals surface area contributed by atoms with Crippen LogP contribution in [0.25, 0.3) is 0 Å². The number of nitrogens with zero attached hydrogens (tertiary/aromatic N) is 1. The van der Waals surface area contributed by atoms with Crippen LogP contribution in [0.1, 0.15) is 36.1 Å². The Bertz CT molecular complexity index is 791. The highest BCUT2D eigenvalue weighted by molar-refractivity contribution is 5.79. The zero-order valence-electron chi connectivity index (χ0n) is 14.2. The van der Waals surface area contributed by atoms with E-state index in [2.05, 4.69) is 5.32 Å². The molecule has 5 heteroatoms. The van der Waals surface area contributed by atoms with Crippen molar-refractivity contribution in [1.82, 2.24) is 10.2 Å². The van der Waals surface area contributed by atoms with Crippen molar-refractivity contribution in [2.24, 2.45) is 0 Å². The number of rotatable bonds is 4. The van der Waals surface area contributed by atoms with Crippen molar-refractivity contribution < 1.29 is 14.0 Å². The summed E-state index contributed by atoms with van der Waals surface area (Å²) in [6.45, 7) is 2.27. The molecule has 1 N–H and O–H groups in total. The first-order valence-corrected chi connectivity index (χ1v) is 8.41. The molecule has 0 aliphatic carbocycles. The molecule has 1 unspecified atom stereocenters. The van der Waals surface area contributed by atoms with Gasteiger partial charge < -0.3 is 10.2 Å². The SMILES string of the molecule is CC(=O)N1CCc2ccccc2C1CC(=O)NCc1ccccc1F. The van der Waals surface area contributed by atoms with E-state index in [4.69, 9.17) is 0 Å². The lowest BCUT2D eigenvalue weighted by molar-refractivity contribution is -0.133. The summed E-state index contributed by atoms with van der Waals surface area (Å²) in [6, 6.07) is 14.0. The normalized spacial score (nSPS) is 16.2. The van der Waals surface area contributed by atoms with Crippen LogP contribution in [0.5, 0.6) is 0 Å². The van der Waals surface area contributed by atoms with Crippen LogP contribution in [0.4, 0.5) is 4.39 Å². The van der Waals surface area contributed by atoms with Gasteiger partial charge in [0.25, 0.3) is 0 Å². The molecule has 0 radical (unpaired) electrons. The highest BCUT2D eigenvalue weighted by Crippen LogP contribution is 2.32. The fourth-order valence-electron chi connectivity index (χ4n) is 3.33. The third kappa shape index (κ3) is 3.87. The van der Waals surface area contributed by atoms with Gasteiger partial charge >= 0.3 is 0 Å². The summed E-state index contributed by atoms with van der Waals surface area (Å²) in [4.78, 5) is 26.1. The number of halogens is 1. The first kappa shape index (κ1) is 17.1. The molecular formula is C20H21FN2O2. The summed E-state index contributed by atoms with van der Waals surface area (Å²) in [5.41, 5.74) is 2.64. The third-order valence-corrected chi connectivity index (χ3v) is 4.63. The summed E-state index contributed by atoms with van der Waals surface area (Å²) < 4.78 is 13.7. The molecule has 25 heavy (non-hydrogen) atoms. The van der Waals surface area contributed by atoms with Gasteiger partial charge in [0.05, 0.1) is 12.5 Å². The van der Waals surface area contributed by atoms with Crippen LogP contribution in [0, 0.1) is 5.82 Å². The molecule has 130 valence electrons. The molecule has 0 spiro atoms. The van der Waals surface area contributed by atoms with E-state index in [0.29, 0.717) is 12.1 Å². The highest BCUT2D eigenvalue weighted by Gasteiger charge is 2.30. The molecule has 2 aromatic rings. The summed E-state index contributed by atoms with van der Waals surface area (Å²) in [6.07, 6.45) is 0.966. The number of carbonyl (C=O) groups excluding carboxylic acids is 2. The maximum atomic E-state index is 13.7. The van der Waals surface area contributed by atoms with Gasteiger partial charge in [-0.1, -0.05) is 42.5 Å². The second-order valence-corrected chi connectivity index (χ2v) is 6.25. The van der Waals surface area contributed by atoms with Gasteiger partial charge in [-0.05, 0) is 23.6 Å². The number of nitrogens with one attached hydrogen (secondary N) is 1. The number of hydrogen-bond acceptors (Lipinski definition) is 2. The fraction of sp³-hybridized carbons (Fsp3) is 0.300. The minimum Gasteiger partial charge on any atom is -0.352 e. The standard InChI is InChI=1S/C20H21FN2O2/c1-14(24)23-11-10-15-6-2-4-8-17(15)19(23)12-20(25)22-13-16-7-3-5-9-18(16)21/h2-9,19H,10-13H2,1H3,(H,22,25). The van der Waals surface area contributed by atoms with Gasteiger partial charge in [-0.25, -0.2) is 4.39 Å². The van der Waals surface area contributed by atoms with Crippen LogP contribution < -0.4 is 5.32 Å². The van der Waals surface area contributed by atoms with Crippen molar-refractivity contribution in [2.75, 3.05) is 6.54 Å². The highest BCUT2D eigenvalue weighted by atomic mass is 19.1. The average molecular weight is 340 g/mol. The molecule has 1 atom stereocenters. The Morgan fingerprint density at radius 3 is 2.64 bits per heavy atom. The third-order valence-electron chi connectivity index (χ3n) is 4.63. The smallest absolute Gasteiger partial charge is 0.222 e. The Morgan fingerprint density at radius 2 is 1.88 bits per heavy atom. The van der Waals surface area contributed by atoms with Crippen LogP contribution >= 0.6 is 0 Å². The molecule has 3 rings (SSSR count). The lowest BCUT2D eigenvalue weighted by atomic mass is 9.90. The first-order chi connectivity index (χ1) is 12.1. The van der Waals surface area contributed by atoms with Crippen LogP contribution in [-0.4, -0.2) is 23.3 Å². The zero-order chi connectivity index (χ0) is 17.8. The van der Waals surface area contributed by atoms with E-state index in [1.807, 2.05) is 24.3 Å². The van der Waals surface area contributed by atoms with Crippen LogP contribution in [0.2, 0.25) is 0 Å². The van der Waals surface area contributed by atoms with Crippen molar-refractivity contribution in [1.29, 1.82) is 0 Å². The fourth-order valence-corrected chi connectivity index (χ4v) is 3.33. The van der Waals surface area contributed by atoms with Crippen molar-refractivity contribution in [3.8, 4) is 0 Å². The minimum atomic E-state index is -0.337. The molecule has 0 saturated heterocycles. The Kier molecular flexibility index (Phi) is 5.12. The van der Waals surface area contributed by atoms with Crippen LogP contribution in [0.15, 0.2) is 48.5 Å². The molecule has 1 heterocycles. The van der Waals surface area contributed by atoms with E-state index in [0.717, 1.165) is 12.0 Å². The van der Waals surface area contributed by atoms with Gasteiger partial charge in [0, 0.05) is 25.6 Å². The van der Waals surface area contributed by atoms with E-state index in [1.54, 1.807) is 23.1 Å². The molecule has 0 fully saturated rings. The van der Waals surface area contributed by atoms with E-state index in [-0.39, 0.29) is 36.6 Å². The van der Waals surface area contributed by atoms with Crippen molar-refractivity contribution in [3.05, 3.63) is 71.0 Å². The number of carbonyl (C=O) groups is 2. The predicted molar refractivity (Wildman–Crippen MR) is 93.1 cm³/mol. The van der Waals surface area contributed by atoms with Gasteiger partial charge in [0.1, 0.15) is 5.82 Å². The van der Waals surface area contributed by atoms with Gasteiger partial charge in [-0.3, -0.25) is 9.59 Å². The van der Waals surface area contributed by atoms with Gasteiger partial charge in [-0.15, -0.1) is 0 Å². The first-order valence-electron chi connectivity index (χ1n) is 8.41. The number of amides is 2. The van der Waals surface area contributed by atoms with Gasteiger partial charge in [0.2, 0.25) is 11.8 Å². The largest absolute Gasteiger partial charge is 0.352 e. The summed E-state index contributed by atoms with van der Waals surface area (Å²) in [5.74, 6) is -0.575. The van der Waals surface area contributed by atoms with Crippen LogP contribution in [-0.2, 0) is 22.6 Å². The number of benzene rings is 2. The minimum absolute atomic E-state index is 0.0404. The second-order valence-electron chi connectivity index (χ2n) is 6.25. The zero-order valence-corrected chi connectivity index (χ0v) is 14.2. The molecule has 1 aliphatic rings. The summed E-state index contributed by atoms with van der Waals surface area (Å²) >= 11 is 0. The van der Waals surface area contributed by atoms with Crippen molar-refractivity contribution in [3.63, 3.8) is 0 Å². The molecule has 4 nitrogen and oxygen atoms in total. The molecule has 0 saturated carbocycles. The lowest BCUT2D eigenvalue weighted by Gasteiger charge is -2.36. The van der Waals surface area contributed by atoms with Crippen LogP contribution in [0.3, 0.4) is 0 Å². The average Bonchev–Trinajstić information content (AvgIpc) is 2.61. The van der Waals surface area contributed by atoms with E-state index in [1.165, 1.54) is 18.6 Å². The van der Waals surface area contributed by atoms with E-state index in [9.17, 15) is 14.0 Å². The maximum absolute atomic E-state index is 13.7. The van der Waals surface area contributed by atoms with E-state index < -0.39 is 0 Å². The second kappa shape index (κ2) is 7.47. The molecular weight excluding hydrogens is 319 g/mol. The Morgan fingerprint density at radius 1 is 1.16 bits per heavy atom. The predicted octanol–water partition coefficient (Wildman–Crippen LogP) is 2.98. The quantitative estimate of drug-likeness (QED) is 0.930. The molecule has 0 bridgehead atoms. The topological polar surface area (TPSA) is 49.4 Å². The van der Waals surface area contributed by atoms with Crippen molar-refractivity contribution >= 4 is 11.8 Å². The summed E-state index contributed by atoms with van der Waals surface area (Å²) in [5, 5.41) is 2.76. The molecule has 0 aromatic heterocycles. The summed E-state index contributed by atoms with van der Waals surface area (Å²) in [7, 11) is 0. The Balaban J connectivity index is 1.72. The number of fused-ring (bicyclic) bond motifs is 1. The van der Waals surface area contributed by atoms with E-state index >= 15 is 0 Å². The Hall–Kier alpha value is -2.69.